The lowest BCUT2D eigenvalue weighted by Crippen LogP contribution is -2.37. The van der Waals surface area contributed by atoms with Gasteiger partial charge in [-0.15, -0.1) is 0 Å². The van der Waals surface area contributed by atoms with Crippen molar-refractivity contribution in [1.82, 2.24) is 0 Å². The first kappa shape index (κ1) is 8.92. The zero-order valence-electron chi connectivity index (χ0n) is 8.36. The number of fused-ring (bicyclic) bond motifs is 2. The van der Waals surface area contributed by atoms with Crippen LogP contribution < -0.4 is 0 Å². The van der Waals surface area contributed by atoms with Crippen LogP contribution in [-0.2, 0) is 26.3 Å². The number of hydrogen-bond acceptors (Lipinski definition) is 3. The Kier molecular flexibility index (Phi) is 1.83. The maximum atomic E-state index is 11.2. The highest BCUT2D eigenvalue weighted by molar-refractivity contribution is 5.74. The molecule has 78 valence electrons. The summed E-state index contributed by atoms with van der Waals surface area (Å²) in [5, 5.41) is 0. The molecule has 0 bridgehead atoms. The van der Waals surface area contributed by atoms with Crippen molar-refractivity contribution in [2.24, 2.45) is 0 Å². The number of carbonyl (C=O) groups excluding carboxylic acids is 1. The van der Waals surface area contributed by atoms with E-state index in [0.717, 1.165) is 0 Å². The van der Waals surface area contributed by atoms with Gasteiger partial charge in [-0.2, -0.15) is 0 Å². The van der Waals surface area contributed by atoms with E-state index in [9.17, 15) is 4.79 Å². The average Bonchev–Trinajstić information content (AvgIpc) is 2.62. The minimum absolute atomic E-state index is 0.115. The fourth-order valence-corrected chi connectivity index (χ4v) is 2.46. The van der Waals surface area contributed by atoms with E-state index in [2.05, 4.69) is 12.1 Å². The van der Waals surface area contributed by atoms with Crippen LogP contribution in [0.15, 0.2) is 24.3 Å². The van der Waals surface area contributed by atoms with Crippen molar-refractivity contribution in [2.75, 3.05) is 13.2 Å². The Hall–Kier alpha value is -1.35. The number of benzene rings is 1. The molecular weight excluding hydrogens is 192 g/mol. The molecule has 1 spiro atoms. The van der Waals surface area contributed by atoms with Gasteiger partial charge in [0, 0.05) is 0 Å². The van der Waals surface area contributed by atoms with Gasteiger partial charge < -0.3 is 9.47 Å². The number of ether oxygens (including phenoxy) is 2. The second-order valence-electron chi connectivity index (χ2n) is 4.27. The molecule has 3 heteroatoms. The number of rotatable bonds is 0. The first-order valence-corrected chi connectivity index (χ1v) is 5.12. The Balaban J connectivity index is 2.09. The lowest BCUT2D eigenvalue weighted by atomic mass is 9.77. The van der Waals surface area contributed by atoms with Crippen LogP contribution >= 0.6 is 0 Å². The van der Waals surface area contributed by atoms with E-state index in [1.54, 1.807) is 0 Å². The molecule has 0 aliphatic carbocycles. The minimum atomic E-state index is -0.216. The third-order valence-electron chi connectivity index (χ3n) is 3.22. The third kappa shape index (κ3) is 1.27. The summed E-state index contributed by atoms with van der Waals surface area (Å²) in [5.74, 6) is -0.115. The summed E-state index contributed by atoms with van der Waals surface area (Å²) < 4.78 is 10.6. The summed E-state index contributed by atoms with van der Waals surface area (Å²) in [7, 11) is 0. The molecule has 15 heavy (non-hydrogen) atoms. The lowest BCUT2D eigenvalue weighted by molar-refractivity contribution is -0.137. The molecule has 1 fully saturated rings. The van der Waals surface area contributed by atoms with Gasteiger partial charge in [-0.1, -0.05) is 24.3 Å². The zero-order chi connectivity index (χ0) is 10.3. The van der Waals surface area contributed by atoms with Crippen LogP contribution in [-0.4, -0.2) is 19.2 Å². The van der Waals surface area contributed by atoms with Crippen molar-refractivity contribution in [3.63, 3.8) is 0 Å². The minimum Gasteiger partial charge on any atom is -0.465 e. The summed E-state index contributed by atoms with van der Waals surface area (Å²) in [4.78, 5) is 11.2. The standard InChI is InChI=1S/C12H12O3/c13-11-5-12(8-15-11)7-14-6-9-3-1-2-4-10(9)12/h1-4H,5-8H2/t12-/m0/s1. The van der Waals surface area contributed by atoms with Crippen molar-refractivity contribution in [2.45, 2.75) is 18.4 Å². The van der Waals surface area contributed by atoms with Gasteiger partial charge in [0.05, 0.1) is 25.0 Å². The van der Waals surface area contributed by atoms with Gasteiger partial charge in [0.15, 0.2) is 0 Å². The molecule has 0 amide bonds. The predicted octanol–water partition coefficient (Wildman–Crippen LogP) is 1.40. The van der Waals surface area contributed by atoms with Crippen LogP contribution in [0, 0.1) is 0 Å². The number of cyclic esters (lactones) is 1. The Bertz CT molecular complexity index is 413. The van der Waals surface area contributed by atoms with Crippen LogP contribution in [0.1, 0.15) is 17.5 Å². The molecule has 2 heterocycles. The van der Waals surface area contributed by atoms with Gasteiger partial charge in [-0.05, 0) is 11.1 Å². The molecule has 1 aromatic rings. The monoisotopic (exact) mass is 204 g/mol. The topological polar surface area (TPSA) is 35.5 Å². The fourth-order valence-electron chi connectivity index (χ4n) is 2.46. The van der Waals surface area contributed by atoms with Crippen LogP contribution in [0.4, 0.5) is 0 Å². The molecule has 0 radical (unpaired) electrons. The summed E-state index contributed by atoms with van der Waals surface area (Å²) >= 11 is 0. The van der Waals surface area contributed by atoms with Crippen molar-refractivity contribution < 1.29 is 14.3 Å². The normalized spacial score (nSPS) is 28.9. The smallest absolute Gasteiger partial charge is 0.306 e. The van der Waals surface area contributed by atoms with Gasteiger partial charge >= 0.3 is 5.97 Å². The molecular formula is C12H12O3. The van der Waals surface area contributed by atoms with Crippen LogP contribution in [0.2, 0.25) is 0 Å². The van der Waals surface area contributed by atoms with E-state index < -0.39 is 0 Å². The Morgan fingerprint density at radius 1 is 1.20 bits per heavy atom. The second kappa shape index (κ2) is 3.07. The van der Waals surface area contributed by atoms with E-state index in [0.29, 0.717) is 26.2 Å². The number of carbonyl (C=O) groups is 1. The first-order valence-electron chi connectivity index (χ1n) is 5.12. The van der Waals surface area contributed by atoms with Gasteiger partial charge in [-0.25, -0.2) is 0 Å². The SMILES string of the molecule is O=C1C[C@]2(COCc3ccccc32)CO1. The molecule has 0 aromatic heterocycles. The molecule has 1 atom stereocenters. The first-order chi connectivity index (χ1) is 7.30. The highest BCUT2D eigenvalue weighted by Gasteiger charge is 2.45. The molecule has 3 rings (SSSR count). The maximum absolute atomic E-state index is 11.2. The molecule has 0 saturated carbocycles. The van der Waals surface area contributed by atoms with Crippen LogP contribution in [0.5, 0.6) is 0 Å². The third-order valence-corrected chi connectivity index (χ3v) is 3.22. The highest BCUT2D eigenvalue weighted by atomic mass is 16.5. The summed E-state index contributed by atoms with van der Waals surface area (Å²) in [5.41, 5.74) is 2.19. The van der Waals surface area contributed by atoms with Crippen molar-refractivity contribution in [3.05, 3.63) is 35.4 Å². The van der Waals surface area contributed by atoms with E-state index in [4.69, 9.17) is 9.47 Å². The van der Waals surface area contributed by atoms with E-state index in [-0.39, 0.29) is 11.4 Å². The summed E-state index contributed by atoms with van der Waals surface area (Å²) in [6, 6.07) is 8.15. The van der Waals surface area contributed by atoms with E-state index in [1.165, 1.54) is 11.1 Å². The quantitative estimate of drug-likeness (QED) is 0.599. The van der Waals surface area contributed by atoms with E-state index in [1.807, 2.05) is 12.1 Å². The predicted molar refractivity (Wildman–Crippen MR) is 53.4 cm³/mol. The maximum Gasteiger partial charge on any atom is 0.306 e. The Labute approximate surface area is 88.0 Å². The molecule has 2 aliphatic heterocycles. The van der Waals surface area contributed by atoms with Gasteiger partial charge in [0.2, 0.25) is 0 Å². The van der Waals surface area contributed by atoms with Crippen molar-refractivity contribution in [3.8, 4) is 0 Å². The van der Waals surface area contributed by atoms with Crippen LogP contribution in [0.25, 0.3) is 0 Å². The van der Waals surface area contributed by atoms with Gasteiger partial charge in [0.25, 0.3) is 0 Å². The molecule has 1 aromatic carbocycles. The number of esters is 1. The van der Waals surface area contributed by atoms with Crippen LogP contribution in [0.3, 0.4) is 0 Å². The Morgan fingerprint density at radius 2 is 2.07 bits per heavy atom. The summed E-state index contributed by atoms with van der Waals surface area (Å²) in [6.07, 6.45) is 0.448. The second-order valence-corrected chi connectivity index (χ2v) is 4.27. The van der Waals surface area contributed by atoms with E-state index >= 15 is 0 Å². The zero-order valence-corrected chi connectivity index (χ0v) is 8.36. The number of hydrogen-bond donors (Lipinski definition) is 0. The molecule has 0 N–H and O–H groups in total. The largest absolute Gasteiger partial charge is 0.465 e. The Morgan fingerprint density at radius 3 is 2.87 bits per heavy atom. The highest BCUT2D eigenvalue weighted by Crippen LogP contribution is 2.39. The fraction of sp³-hybridized carbons (Fsp3) is 0.417. The molecule has 0 unspecified atom stereocenters. The molecule has 3 nitrogen and oxygen atoms in total. The van der Waals surface area contributed by atoms with Crippen molar-refractivity contribution in [1.29, 1.82) is 0 Å². The average molecular weight is 204 g/mol. The molecule has 2 aliphatic rings. The summed E-state index contributed by atoms with van der Waals surface area (Å²) in [6.45, 7) is 1.70. The van der Waals surface area contributed by atoms with Crippen molar-refractivity contribution >= 4 is 5.97 Å². The molecule has 1 saturated heterocycles. The van der Waals surface area contributed by atoms with Gasteiger partial charge in [-0.3, -0.25) is 4.79 Å². The lowest BCUT2D eigenvalue weighted by Gasteiger charge is -2.32. The van der Waals surface area contributed by atoms with Gasteiger partial charge in [0.1, 0.15) is 6.61 Å².